The maximum atomic E-state index is 10.3. The lowest BCUT2D eigenvalue weighted by molar-refractivity contribution is 0.224. The molecule has 1 aromatic carbocycles. The maximum Gasteiger partial charge on any atom is 0.115 e. The van der Waals surface area contributed by atoms with Crippen LogP contribution >= 0.6 is 22.9 Å². The van der Waals surface area contributed by atoms with Gasteiger partial charge in [0.15, 0.2) is 0 Å². The van der Waals surface area contributed by atoms with Crippen LogP contribution in [0.4, 0.5) is 0 Å². The molecule has 1 unspecified atom stereocenters. The minimum atomic E-state index is -0.604. The van der Waals surface area contributed by atoms with Gasteiger partial charge >= 0.3 is 0 Å². The highest BCUT2D eigenvalue weighted by Gasteiger charge is 2.20. The van der Waals surface area contributed by atoms with Gasteiger partial charge in [-0.1, -0.05) is 42.3 Å². The Morgan fingerprint density at radius 1 is 1.17 bits per heavy atom. The first-order valence-electron chi connectivity index (χ1n) is 6.26. The van der Waals surface area contributed by atoms with E-state index in [1.54, 1.807) is 0 Å². The van der Waals surface area contributed by atoms with Crippen molar-refractivity contribution in [3.8, 4) is 0 Å². The van der Waals surface area contributed by atoms with E-state index in [1.807, 2.05) is 23.6 Å². The van der Waals surface area contributed by atoms with Gasteiger partial charge in [0.25, 0.3) is 0 Å². The van der Waals surface area contributed by atoms with Crippen molar-refractivity contribution >= 4 is 22.9 Å². The lowest BCUT2D eigenvalue weighted by Gasteiger charge is -2.26. The molecule has 1 aliphatic rings. The summed E-state index contributed by atoms with van der Waals surface area (Å²) in [6.45, 7) is 0. The monoisotopic (exact) mass is 278 g/mol. The summed E-state index contributed by atoms with van der Waals surface area (Å²) >= 11 is 7.54. The number of halogens is 1. The molecule has 1 nitrogen and oxygen atoms in total. The van der Waals surface area contributed by atoms with Crippen molar-refractivity contribution in [2.75, 3.05) is 0 Å². The van der Waals surface area contributed by atoms with Crippen molar-refractivity contribution in [3.05, 3.63) is 56.7 Å². The fraction of sp³-hybridized carbons (Fsp3) is 0.333. The SMILES string of the molecule is OC(c1ccc(C2CCC2)cc1)c1sccc1Cl. The van der Waals surface area contributed by atoms with Crippen LogP contribution in [0.3, 0.4) is 0 Å². The zero-order valence-corrected chi connectivity index (χ0v) is 11.5. The molecule has 1 fully saturated rings. The lowest BCUT2D eigenvalue weighted by atomic mass is 9.80. The average molecular weight is 279 g/mol. The molecule has 1 heterocycles. The van der Waals surface area contributed by atoms with Crippen LogP contribution in [0.1, 0.15) is 47.3 Å². The average Bonchev–Trinajstić information content (AvgIpc) is 2.73. The minimum Gasteiger partial charge on any atom is -0.383 e. The van der Waals surface area contributed by atoms with Crippen LogP contribution in [-0.2, 0) is 0 Å². The Kier molecular flexibility index (Phi) is 3.42. The van der Waals surface area contributed by atoms with Crippen LogP contribution in [-0.4, -0.2) is 5.11 Å². The van der Waals surface area contributed by atoms with Crippen molar-refractivity contribution in [1.29, 1.82) is 0 Å². The zero-order chi connectivity index (χ0) is 12.5. The number of aliphatic hydroxyl groups is 1. The highest BCUT2D eigenvalue weighted by molar-refractivity contribution is 7.10. The van der Waals surface area contributed by atoms with E-state index in [4.69, 9.17) is 11.6 Å². The Bertz CT molecular complexity index is 528. The van der Waals surface area contributed by atoms with Gasteiger partial charge in [-0.15, -0.1) is 11.3 Å². The second-order valence-corrected chi connectivity index (χ2v) is 6.18. The largest absolute Gasteiger partial charge is 0.383 e. The molecule has 94 valence electrons. The second-order valence-electron chi connectivity index (χ2n) is 4.83. The van der Waals surface area contributed by atoms with Gasteiger partial charge in [-0.2, -0.15) is 0 Å². The van der Waals surface area contributed by atoms with Crippen LogP contribution in [0.25, 0.3) is 0 Å². The summed E-state index contributed by atoms with van der Waals surface area (Å²) < 4.78 is 0. The quantitative estimate of drug-likeness (QED) is 0.859. The Labute approximate surface area is 116 Å². The highest BCUT2D eigenvalue weighted by Crippen LogP contribution is 2.37. The summed E-state index contributed by atoms with van der Waals surface area (Å²) in [5, 5.41) is 12.8. The Balaban J connectivity index is 1.82. The van der Waals surface area contributed by atoms with Gasteiger partial charge in [-0.3, -0.25) is 0 Å². The van der Waals surface area contributed by atoms with Crippen LogP contribution < -0.4 is 0 Å². The van der Waals surface area contributed by atoms with E-state index in [2.05, 4.69) is 12.1 Å². The first kappa shape index (κ1) is 12.2. The zero-order valence-electron chi connectivity index (χ0n) is 9.97. The normalized spacial score (nSPS) is 17.4. The number of thiophene rings is 1. The predicted molar refractivity (Wildman–Crippen MR) is 76.4 cm³/mol. The van der Waals surface area contributed by atoms with E-state index < -0.39 is 6.10 Å². The molecule has 0 aliphatic heterocycles. The molecule has 0 amide bonds. The molecule has 1 aliphatic carbocycles. The van der Waals surface area contributed by atoms with E-state index >= 15 is 0 Å². The highest BCUT2D eigenvalue weighted by atomic mass is 35.5. The summed E-state index contributed by atoms with van der Waals surface area (Å²) in [4.78, 5) is 0.827. The number of benzene rings is 1. The van der Waals surface area contributed by atoms with E-state index in [0.29, 0.717) is 5.02 Å². The van der Waals surface area contributed by atoms with Gasteiger partial charge < -0.3 is 5.11 Å². The molecular formula is C15H15ClOS. The van der Waals surface area contributed by atoms with Crippen molar-refractivity contribution in [1.82, 2.24) is 0 Å². The van der Waals surface area contributed by atoms with Crippen molar-refractivity contribution in [3.63, 3.8) is 0 Å². The van der Waals surface area contributed by atoms with Crippen LogP contribution in [0, 0.1) is 0 Å². The smallest absolute Gasteiger partial charge is 0.115 e. The van der Waals surface area contributed by atoms with Gasteiger partial charge in [0.2, 0.25) is 0 Å². The molecule has 2 aromatic rings. The summed E-state index contributed by atoms with van der Waals surface area (Å²) in [6.07, 6.45) is 3.35. The van der Waals surface area contributed by atoms with Crippen LogP contribution in [0.2, 0.25) is 5.02 Å². The number of rotatable bonds is 3. The molecule has 1 saturated carbocycles. The van der Waals surface area contributed by atoms with Gasteiger partial charge in [0, 0.05) is 0 Å². The summed E-state index contributed by atoms with van der Waals surface area (Å²) in [7, 11) is 0. The predicted octanol–water partition coefficient (Wildman–Crippen LogP) is 4.75. The van der Waals surface area contributed by atoms with E-state index in [9.17, 15) is 5.11 Å². The summed E-state index contributed by atoms with van der Waals surface area (Å²) in [6, 6.07) is 10.2. The molecular weight excluding hydrogens is 264 g/mol. The number of hydrogen-bond donors (Lipinski definition) is 1. The molecule has 1 aromatic heterocycles. The molecule has 0 spiro atoms. The molecule has 0 radical (unpaired) electrons. The van der Waals surface area contributed by atoms with E-state index in [0.717, 1.165) is 16.4 Å². The summed E-state index contributed by atoms with van der Waals surface area (Å²) in [5.41, 5.74) is 2.32. The first-order chi connectivity index (χ1) is 8.75. The lowest BCUT2D eigenvalue weighted by Crippen LogP contribution is -2.08. The molecule has 3 rings (SSSR count). The van der Waals surface area contributed by atoms with Crippen molar-refractivity contribution < 1.29 is 5.11 Å². The Morgan fingerprint density at radius 3 is 2.39 bits per heavy atom. The van der Waals surface area contributed by atoms with Gasteiger partial charge in [0.1, 0.15) is 6.10 Å². The van der Waals surface area contributed by atoms with Crippen molar-refractivity contribution in [2.24, 2.45) is 0 Å². The molecule has 18 heavy (non-hydrogen) atoms. The third-order valence-electron chi connectivity index (χ3n) is 3.72. The van der Waals surface area contributed by atoms with Crippen LogP contribution in [0.15, 0.2) is 35.7 Å². The first-order valence-corrected chi connectivity index (χ1v) is 7.52. The van der Waals surface area contributed by atoms with E-state index in [1.165, 1.54) is 36.2 Å². The maximum absolute atomic E-state index is 10.3. The second kappa shape index (κ2) is 5.04. The van der Waals surface area contributed by atoms with Gasteiger partial charge in [0.05, 0.1) is 9.90 Å². The molecule has 1 atom stereocenters. The third-order valence-corrected chi connectivity index (χ3v) is 5.13. The van der Waals surface area contributed by atoms with E-state index in [-0.39, 0.29) is 0 Å². The molecule has 0 bridgehead atoms. The topological polar surface area (TPSA) is 20.2 Å². The molecule has 1 N–H and O–H groups in total. The van der Waals surface area contributed by atoms with Gasteiger partial charge in [-0.05, 0) is 41.3 Å². The number of aliphatic hydroxyl groups excluding tert-OH is 1. The fourth-order valence-electron chi connectivity index (χ4n) is 2.34. The third kappa shape index (κ3) is 2.20. The van der Waals surface area contributed by atoms with Crippen molar-refractivity contribution in [2.45, 2.75) is 31.3 Å². The Hall–Kier alpha value is -0.830. The van der Waals surface area contributed by atoms with Crippen LogP contribution in [0.5, 0.6) is 0 Å². The number of hydrogen-bond acceptors (Lipinski definition) is 2. The van der Waals surface area contributed by atoms with Gasteiger partial charge in [-0.25, -0.2) is 0 Å². The Morgan fingerprint density at radius 2 is 1.89 bits per heavy atom. The summed E-state index contributed by atoms with van der Waals surface area (Å²) in [5.74, 6) is 0.738. The fourth-order valence-corrected chi connectivity index (χ4v) is 3.51. The minimum absolute atomic E-state index is 0.604. The standard InChI is InChI=1S/C15H15ClOS/c16-13-8-9-18-15(13)14(17)12-6-4-11(5-7-12)10-2-1-3-10/h4-10,14,17H,1-3H2. The molecule has 3 heteroatoms. The molecule has 0 saturated heterocycles.